The van der Waals surface area contributed by atoms with Crippen LogP contribution in [-0.4, -0.2) is 11.1 Å². The number of rotatable bonds is 2. The molecule has 3 nitrogen and oxygen atoms in total. The number of carbonyl (C=O) groups is 1. The fraction of sp³-hybridized carbons (Fsp3) is 0. The Labute approximate surface area is 90.9 Å². The lowest BCUT2D eigenvalue weighted by atomic mass is 10.1. The molecule has 0 aliphatic rings. The van der Waals surface area contributed by atoms with E-state index in [0.717, 1.165) is 0 Å². The van der Waals surface area contributed by atoms with Crippen LogP contribution in [0.1, 0.15) is 10.4 Å². The van der Waals surface area contributed by atoms with Gasteiger partial charge in [-0.3, -0.25) is 0 Å². The van der Waals surface area contributed by atoms with Crippen LogP contribution in [0.2, 0.25) is 5.02 Å². The first kappa shape index (κ1) is 9.80. The van der Waals surface area contributed by atoms with Crippen LogP contribution in [0.4, 0.5) is 0 Å². The second kappa shape index (κ2) is 3.79. The van der Waals surface area contributed by atoms with Crippen LogP contribution in [0.5, 0.6) is 0 Å². The largest absolute Gasteiger partial charge is 0.478 e. The second-order valence-electron chi connectivity index (χ2n) is 2.94. The maximum absolute atomic E-state index is 11.0. The Balaban J connectivity index is 2.66. The van der Waals surface area contributed by atoms with E-state index in [4.69, 9.17) is 21.1 Å². The van der Waals surface area contributed by atoms with Gasteiger partial charge in [-0.2, -0.15) is 0 Å². The van der Waals surface area contributed by atoms with Crippen molar-refractivity contribution >= 4 is 17.6 Å². The lowest BCUT2D eigenvalue weighted by Gasteiger charge is -2.04. The highest BCUT2D eigenvalue weighted by molar-refractivity contribution is 6.34. The molecule has 2 rings (SSSR count). The highest BCUT2D eigenvalue weighted by Gasteiger charge is 2.16. The number of halogens is 1. The van der Waals surface area contributed by atoms with E-state index in [-0.39, 0.29) is 10.6 Å². The van der Waals surface area contributed by atoms with Crippen LogP contribution in [0.3, 0.4) is 0 Å². The second-order valence-corrected chi connectivity index (χ2v) is 3.35. The van der Waals surface area contributed by atoms with Gasteiger partial charge in [-0.05, 0) is 18.2 Å². The molecule has 1 N–H and O–H groups in total. The maximum Gasteiger partial charge on any atom is 0.337 e. The summed E-state index contributed by atoms with van der Waals surface area (Å²) in [5.41, 5.74) is 0.550. The third kappa shape index (κ3) is 1.74. The summed E-state index contributed by atoms with van der Waals surface area (Å²) in [5.74, 6) is -0.568. The molecule has 0 aliphatic heterocycles. The topological polar surface area (TPSA) is 50.4 Å². The van der Waals surface area contributed by atoms with Crippen LogP contribution in [0.25, 0.3) is 11.3 Å². The first-order chi connectivity index (χ1) is 7.20. The zero-order valence-corrected chi connectivity index (χ0v) is 8.36. The molecule has 0 fully saturated rings. The Morgan fingerprint density at radius 3 is 2.67 bits per heavy atom. The van der Waals surface area contributed by atoms with E-state index in [2.05, 4.69) is 0 Å². The summed E-state index contributed by atoms with van der Waals surface area (Å²) < 4.78 is 5.14. The summed E-state index contributed by atoms with van der Waals surface area (Å²) in [6.07, 6.45) is 1.49. The molecule has 0 atom stereocenters. The van der Waals surface area contributed by atoms with Crippen molar-refractivity contribution in [2.45, 2.75) is 0 Å². The number of aromatic carboxylic acids is 1. The van der Waals surface area contributed by atoms with E-state index >= 15 is 0 Å². The summed E-state index contributed by atoms with van der Waals surface area (Å²) >= 11 is 5.82. The standard InChI is InChI=1S/C11H7ClO3/c12-8-4-1-3-7(10(8)11(13)14)9-5-2-6-15-9/h1-6H,(H,13,14). The minimum Gasteiger partial charge on any atom is -0.478 e. The smallest absolute Gasteiger partial charge is 0.337 e. The van der Waals surface area contributed by atoms with Gasteiger partial charge < -0.3 is 9.52 Å². The van der Waals surface area contributed by atoms with Gasteiger partial charge in [0.05, 0.1) is 16.8 Å². The fourth-order valence-electron chi connectivity index (χ4n) is 1.38. The van der Waals surface area contributed by atoms with Gasteiger partial charge in [0, 0.05) is 5.56 Å². The Morgan fingerprint density at radius 2 is 2.07 bits per heavy atom. The predicted molar refractivity (Wildman–Crippen MR) is 56.1 cm³/mol. The van der Waals surface area contributed by atoms with Crippen LogP contribution in [-0.2, 0) is 0 Å². The Morgan fingerprint density at radius 1 is 1.27 bits per heavy atom. The SMILES string of the molecule is O=C(O)c1c(Cl)cccc1-c1ccco1. The summed E-state index contributed by atoms with van der Waals surface area (Å²) in [4.78, 5) is 11.0. The first-order valence-corrected chi connectivity index (χ1v) is 4.63. The lowest BCUT2D eigenvalue weighted by Crippen LogP contribution is -2.00. The predicted octanol–water partition coefficient (Wildman–Crippen LogP) is 3.30. The van der Waals surface area contributed by atoms with Crippen molar-refractivity contribution in [1.82, 2.24) is 0 Å². The highest BCUT2D eigenvalue weighted by atomic mass is 35.5. The Bertz CT molecular complexity index is 489. The molecule has 15 heavy (non-hydrogen) atoms. The van der Waals surface area contributed by atoms with Gasteiger partial charge in [0.1, 0.15) is 5.76 Å². The molecule has 0 bridgehead atoms. The number of carboxylic acid groups (broad SMARTS) is 1. The third-order valence-electron chi connectivity index (χ3n) is 2.01. The van der Waals surface area contributed by atoms with E-state index in [9.17, 15) is 4.79 Å². The molecule has 0 aliphatic carbocycles. The van der Waals surface area contributed by atoms with E-state index in [1.807, 2.05) is 0 Å². The summed E-state index contributed by atoms with van der Waals surface area (Å²) in [7, 11) is 0. The van der Waals surface area contributed by atoms with Crippen molar-refractivity contribution in [3.8, 4) is 11.3 Å². The molecule has 2 aromatic rings. The Kier molecular flexibility index (Phi) is 2.47. The van der Waals surface area contributed by atoms with Crippen LogP contribution < -0.4 is 0 Å². The zero-order chi connectivity index (χ0) is 10.8. The van der Waals surface area contributed by atoms with Gasteiger partial charge in [0.25, 0.3) is 0 Å². The maximum atomic E-state index is 11.0. The monoisotopic (exact) mass is 222 g/mol. The van der Waals surface area contributed by atoms with Crippen molar-refractivity contribution in [2.75, 3.05) is 0 Å². The van der Waals surface area contributed by atoms with Gasteiger partial charge in [-0.25, -0.2) is 4.79 Å². The van der Waals surface area contributed by atoms with Crippen LogP contribution >= 0.6 is 11.6 Å². The normalized spacial score (nSPS) is 10.2. The van der Waals surface area contributed by atoms with Crippen molar-refractivity contribution < 1.29 is 14.3 Å². The average molecular weight is 223 g/mol. The molecule has 0 saturated heterocycles. The summed E-state index contributed by atoms with van der Waals surface area (Å²) in [6.45, 7) is 0. The molecule has 0 saturated carbocycles. The van der Waals surface area contributed by atoms with E-state index in [1.165, 1.54) is 12.3 Å². The molecule has 0 radical (unpaired) electrons. The minimum absolute atomic E-state index is 0.0640. The zero-order valence-electron chi connectivity index (χ0n) is 7.61. The fourth-order valence-corrected chi connectivity index (χ4v) is 1.63. The molecule has 1 aromatic heterocycles. The number of hydrogen-bond donors (Lipinski definition) is 1. The van der Waals surface area contributed by atoms with E-state index in [1.54, 1.807) is 24.3 Å². The van der Waals surface area contributed by atoms with Gasteiger partial charge in [-0.1, -0.05) is 23.7 Å². The number of benzene rings is 1. The van der Waals surface area contributed by atoms with Crippen molar-refractivity contribution in [3.63, 3.8) is 0 Å². The number of hydrogen-bond acceptors (Lipinski definition) is 2. The van der Waals surface area contributed by atoms with Crippen molar-refractivity contribution in [2.24, 2.45) is 0 Å². The van der Waals surface area contributed by atoms with E-state index in [0.29, 0.717) is 11.3 Å². The van der Waals surface area contributed by atoms with Crippen LogP contribution in [0.15, 0.2) is 41.0 Å². The van der Waals surface area contributed by atoms with Gasteiger partial charge in [0.15, 0.2) is 0 Å². The average Bonchev–Trinajstić information content (AvgIpc) is 2.69. The van der Waals surface area contributed by atoms with Gasteiger partial charge in [-0.15, -0.1) is 0 Å². The molecular weight excluding hydrogens is 216 g/mol. The highest BCUT2D eigenvalue weighted by Crippen LogP contribution is 2.29. The third-order valence-corrected chi connectivity index (χ3v) is 2.33. The molecule has 1 heterocycles. The lowest BCUT2D eigenvalue weighted by molar-refractivity contribution is 0.0697. The summed E-state index contributed by atoms with van der Waals surface area (Å²) in [5, 5.41) is 9.22. The molecule has 76 valence electrons. The first-order valence-electron chi connectivity index (χ1n) is 4.26. The molecular formula is C11H7ClO3. The minimum atomic E-state index is -1.06. The molecule has 4 heteroatoms. The molecule has 0 unspecified atom stereocenters. The van der Waals surface area contributed by atoms with E-state index < -0.39 is 5.97 Å². The van der Waals surface area contributed by atoms with Crippen LogP contribution in [0, 0.1) is 0 Å². The summed E-state index contributed by atoms with van der Waals surface area (Å²) in [6, 6.07) is 8.28. The van der Waals surface area contributed by atoms with Crippen molar-refractivity contribution in [3.05, 3.63) is 47.2 Å². The van der Waals surface area contributed by atoms with Crippen molar-refractivity contribution in [1.29, 1.82) is 0 Å². The van der Waals surface area contributed by atoms with Gasteiger partial charge in [0.2, 0.25) is 0 Å². The molecule has 0 amide bonds. The molecule has 1 aromatic carbocycles. The number of furan rings is 1. The molecule has 0 spiro atoms. The van der Waals surface area contributed by atoms with Gasteiger partial charge >= 0.3 is 5.97 Å². The quantitative estimate of drug-likeness (QED) is 0.848. The number of carboxylic acids is 1. The Hall–Kier alpha value is -1.74.